The average Bonchev–Trinajstić information content (AvgIpc) is 3.07. The van der Waals surface area contributed by atoms with Crippen LogP contribution in [0.25, 0.3) is 0 Å². The van der Waals surface area contributed by atoms with Crippen molar-refractivity contribution in [1.29, 1.82) is 0 Å². The van der Waals surface area contributed by atoms with Crippen molar-refractivity contribution in [3.05, 3.63) is 42.2 Å². The Kier molecular flexibility index (Phi) is 9.72. The van der Waals surface area contributed by atoms with Crippen LogP contribution in [0.2, 0.25) is 0 Å². The first-order valence-electron chi connectivity index (χ1n) is 13.2. The van der Waals surface area contributed by atoms with Gasteiger partial charge in [-0.15, -0.1) is 0 Å². The molecule has 0 aromatic carbocycles. The summed E-state index contributed by atoms with van der Waals surface area (Å²) < 4.78 is 6.41. The van der Waals surface area contributed by atoms with Crippen molar-refractivity contribution in [2.45, 2.75) is 103 Å². The Hall–Kier alpha value is -2.41. The Balaban J connectivity index is 1.62. The highest BCUT2D eigenvalue weighted by molar-refractivity contribution is 5.87. The molecule has 35 heavy (non-hydrogen) atoms. The van der Waals surface area contributed by atoms with Crippen LogP contribution in [0.5, 0.6) is 0 Å². The molecule has 1 aliphatic carbocycles. The van der Waals surface area contributed by atoms with E-state index in [-0.39, 0.29) is 18.1 Å². The quantitative estimate of drug-likeness (QED) is 0.411. The number of nitrogens with one attached hydrogen (secondary N) is 1. The van der Waals surface area contributed by atoms with Crippen molar-refractivity contribution in [1.82, 2.24) is 15.2 Å². The molecule has 1 aliphatic heterocycles. The Bertz CT molecular complexity index is 849. The summed E-state index contributed by atoms with van der Waals surface area (Å²) in [6, 6.07) is 5.50. The van der Waals surface area contributed by atoms with E-state index in [2.05, 4.69) is 24.1 Å². The van der Waals surface area contributed by atoms with E-state index >= 15 is 0 Å². The standard InChI is InChI=1S/C28H43N3O4/c1-20(2)22(13-10-15-26(32)30-19-23-14-8-9-16-29-23)18-25-24(17-21-11-6-5-7-12-21)31(27(33)34)28(3,4)35-25/h8-10,14-16,20-22,24-25H,5-7,11-13,17-19H2,1-4H3,(H,30,32)(H,33,34)/b15-10+/t22-,24-,25-/m0/s1. The average molecular weight is 486 g/mol. The predicted octanol–water partition coefficient (Wildman–Crippen LogP) is 5.76. The van der Waals surface area contributed by atoms with Gasteiger partial charge < -0.3 is 15.2 Å². The SMILES string of the molecule is CC(C)[C@@H](C/C=C/C(=O)NCc1ccccn1)C[C@@H]1OC(C)(C)N(C(=O)O)[C@H]1CC1CCCCC1. The Morgan fingerprint density at radius 2 is 2.00 bits per heavy atom. The molecule has 7 nitrogen and oxygen atoms in total. The number of rotatable bonds is 10. The van der Waals surface area contributed by atoms with Gasteiger partial charge in [0.05, 0.1) is 24.4 Å². The number of amides is 2. The third kappa shape index (κ3) is 7.79. The van der Waals surface area contributed by atoms with E-state index < -0.39 is 11.8 Å². The van der Waals surface area contributed by atoms with Crippen LogP contribution in [-0.4, -0.2) is 44.9 Å². The molecule has 2 heterocycles. The zero-order chi connectivity index (χ0) is 25.4. The first kappa shape index (κ1) is 27.2. The maximum atomic E-state index is 12.3. The van der Waals surface area contributed by atoms with Gasteiger partial charge in [0, 0.05) is 6.20 Å². The van der Waals surface area contributed by atoms with E-state index in [9.17, 15) is 14.7 Å². The molecule has 3 atom stereocenters. The van der Waals surface area contributed by atoms with Crippen molar-refractivity contribution in [2.75, 3.05) is 0 Å². The second kappa shape index (κ2) is 12.5. The van der Waals surface area contributed by atoms with Crippen molar-refractivity contribution in [2.24, 2.45) is 17.8 Å². The summed E-state index contributed by atoms with van der Waals surface area (Å²) in [5.41, 5.74) is -0.0132. The molecule has 2 N–H and O–H groups in total. The summed E-state index contributed by atoms with van der Waals surface area (Å²) in [6.45, 7) is 8.50. The van der Waals surface area contributed by atoms with Gasteiger partial charge in [-0.25, -0.2) is 4.79 Å². The zero-order valence-corrected chi connectivity index (χ0v) is 21.8. The van der Waals surface area contributed by atoms with Gasteiger partial charge in [0.1, 0.15) is 5.72 Å². The van der Waals surface area contributed by atoms with Crippen molar-refractivity contribution in [3.8, 4) is 0 Å². The summed E-state index contributed by atoms with van der Waals surface area (Å²) in [5.74, 6) is 1.11. The van der Waals surface area contributed by atoms with Gasteiger partial charge in [0.2, 0.25) is 5.91 Å². The van der Waals surface area contributed by atoms with Gasteiger partial charge in [-0.1, -0.05) is 58.1 Å². The minimum absolute atomic E-state index is 0.127. The second-order valence-corrected chi connectivity index (χ2v) is 11.0. The van der Waals surface area contributed by atoms with E-state index in [1.54, 1.807) is 17.2 Å². The molecular formula is C28H43N3O4. The molecule has 1 aromatic rings. The monoisotopic (exact) mass is 485 g/mol. The van der Waals surface area contributed by atoms with Crippen LogP contribution >= 0.6 is 0 Å². The molecule has 194 valence electrons. The number of carboxylic acid groups (broad SMARTS) is 1. The van der Waals surface area contributed by atoms with Gasteiger partial charge in [-0.3, -0.25) is 14.7 Å². The van der Waals surface area contributed by atoms with Crippen LogP contribution in [0.4, 0.5) is 4.79 Å². The van der Waals surface area contributed by atoms with Crippen LogP contribution in [-0.2, 0) is 16.1 Å². The van der Waals surface area contributed by atoms with E-state index in [0.717, 1.165) is 25.0 Å². The second-order valence-electron chi connectivity index (χ2n) is 11.0. The number of pyridine rings is 1. The maximum Gasteiger partial charge on any atom is 0.409 e. The molecule has 7 heteroatoms. The van der Waals surface area contributed by atoms with Crippen LogP contribution < -0.4 is 5.32 Å². The summed E-state index contributed by atoms with van der Waals surface area (Å²) >= 11 is 0. The van der Waals surface area contributed by atoms with Crippen LogP contribution in [0.1, 0.15) is 84.8 Å². The normalized spacial score (nSPS) is 23.6. The molecule has 0 bridgehead atoms. The third-order valence-electron chi connectivity index (χ3n) is 7.64. The summed E-state index contributed by atoms with van der Waals surface area (Å²) in [5, 5.41) is 12.9. The van der Waals surface area contributed by atoms with Gasteiger partial charge in [-0.05, 0) is 69.1 Å². The lowest BCUT2D eigenvalue weighted by Crippen LogP contribution is -2.48. The summed E-state index contributed by atoms with van der Waals surface area (Å²) in [6.07, 6.45) is 12.7. The fourth-order valence-electron chi connectivity index (χ4n) is 5.70. The topological polar surface area (TPSA) is 91.8 Å². The molecule has 0 radical (unpaired) electrons. The number of hydrogen-bond acceptors (Lipinski definition) is 4. The smallest absolute Gasteiger partial charge is 0.409 e. The number of allylic oxidation sites excluding steroid dienone is 1. The molecule has 1 saturated heterocycles. The Labute approximate surface area is 210 Å². The van der Waals surface area contributed by atoms with Crippen LogP contribution in [0.3, 0.4) is 0 Å². The lowest BCUT2D eigenvalue weighted by atomic mass is 9.80. The van der Waals surface area contributed by atoms with Crippen molar-refractivity contribution < 1.29 is 19.4 Å². The fourth-order valence-corrected chi connectivity index (χ4v) is 5.70. The highest BCUT2D eigenvalue weighted by atomic mass is 16.6. The van der Waals surface area contributed by atoms with Crippen molar-refractivity contribution >= 4 is 12.0 Å². The van der Waals surface area contributed by atoms with E-state index in [1.165, 1.54) is 32.1 Å². The maximum absolute atomic E-state index is 12.3. The molecule has 2 aliphatic rings. The zero-order valence-electron chi connectivity index (χ0n) is 21.8. The molecule has 1 saturated carbocycles. The highest BCUT2D eigenvalue weighted by Crippen LogP contribution is 2.41. The number of aromatic nitrogens is 1. The molecule has 3 rings (SSSR count). The first-order valence-corrected chi connectivity index (χ1v) is 13.2. The number of ether oxygens (including phenoxy) is 1. The molecule has 2 amide bonds. The van der Waals surface area contributed by atoms with Gasteiger partial charge in [0.25, 0.3) is 0 Å². The largest absolute Gasteiger partial charge is 0.465 e. The van der Waals surface area contributed by atoms with Gasteiger partial charge in [0.15, 0.2) is 0 Å². The first-order chi connectivity index (χ1) is 16.7. The van der Waals surface area contributed by atoms with Gasteiger partial charge in [-0.2, -0.15) is 0 Å². The fraction of sp³-hybridized carbons (Fsp3) is 0.679. The molecule has 0 spiro atoms. The Morgan fingerprint density at radius 1 is 1.26 bits per heavy atom. The number of nitrogens with zero attached hydrogens (tertiary/aromatic N) is 2. The Morgan fingerprint density at radius 3 is 2.63 bits per heavy atom. The lowest BCUT2D eigenvalue weighted by Gasteiger charge is -2.34. The highest BCUT2D eigenvalue weighted by Gasteiger charge is 2.50. The number of carbonyl (C=O) groups excluding carboxylic acids is 1. The molecular weight excluding hydrogens is 442 g/mol. The number of hydrogen-bond donors (Lipinski definition) is 2. The van der Waals surface area contributed by atoms with Crippen LogP contribution in [0, 0.1) is 17.8 Å². The van der Waals surface area contributed by atoms with Gasteiger partial charge >= 0.3 is 6.09 Å². The van der Waals surface area contributed by atoms with Crippen LogP contribution in [0.15, 0.2) is 36.5 Å². The van der Waals surface area contributed by atoms with E-state index in [4.69, 9.17) is 4.74 Å². The van der Waals surface area contributed by atoms with E-state index in [0.29, 0.717) is 24.3 Å². The lowest BCUT2D eigenvalue weighted by molar-refractivity contribution is -0.116. The minimum atomic E-state index is -0.899. The third-order valence-corrected chi connectivity index (χ3v) is 7.64. The molecule has 0 unspecified atom stereocenters. The molecule has 2 fully saturated rings. The summed E-state index contributed by atoms with van der Waals surface area (Å²) in [4.78, 5) is 30.3. The number of carbonyl (C=O) groups is 2. The van der Waals surface area contributed by atoms with Crippen molar-refractivity contribution in [3.63, 3.8) is 0 Å². The molecule has 1 aromatic heterocycles. The summed E-state index contributed by atoms with van der Waals surface area (Å²) in [7, 11) is 0. The van der Waals surface area contributed by atoms with E-state index in [1.807, 2.05) is 38.1 Å². The predicted molar refractivity (Wildman–Crippen MR) is 137 cm³/mol. The minimum Gasteiger partial charge on any atom is -0.465 e.